The predicted molar refractivity (Wildman–Crippen MR) is 82.8 cm³/mol. The molecule has 3 rings (SSSR count). The van der Waals surface area contributed by atoms with E-state index in [1.54, 1.807) is 12.0 Å². The molecule has 2 heterocycles. The van der Waals surface area contributed by atoms with Crippen LogP contribution >= 0.6 is 0 Å². The molecule has 1 aromatic carbocycles. The molecule has 1 aliphatic rings. The Morgan fingerprint density at radius 1 is 1.39 bits per heavy atom. The van der Waals surface area contributed by atoms with Crippen LogP contribution in [-0.4, -0.2) is 52.4 Å². The highest BCUT2D eigenvalue weighted by Crippen LogP contribution is 2.31. The molecular weight excluding hydrogens is 296 g/mol. The van der Waals surface area contributed by atoms with Gasteiger partial charge in [-0.25, -0.2) is 4.98 Å². The fourth-order valence-corrected chi connectivity index (χ4v) is 2.80. The average Bonchev–Trinajstić information content (AvgIpc) is 3.24. The van der Waals surface area contributed by atoms with E-state index in [0.717, 1.165) is 12.2 Å². The van der Waals surface area contributed by atoms with E-state index in [2.05, 4.69) is 15.2 Å². The summed E-state index contributed by atoms with van der Waals surface area (Å²) in [4.78, 5) is 18.5. The highest BCUT2D eigenvalue weighted by atomic mass is 16.5. The van der Waals surface area contributed by atoms with Crippen LogP contribution in [0.25, 0.3) is 0 Å². The molecule has 122 valence electrons. The van der Waals surface area contributed by atoms with Gasteiger partial charge < -0.3 is 14.4 Å². The molecule has 1 N–H and O–H groups in total. The van der Waals surface area contributed by atoms with Gasteiger partial charge in [-0.15, -0.1) is 0 Å². The Morgan fingerprint density at radius 3 is 2.91 bits per heavy atom. The van der Waals surface area contributed by atoms with Crippen molar-refractivity contribution < 1.29 is 14.3 Å². The molecule has 1 aromatic heterocycles. The Labute approximate surface area is 134 Å². The third-order valence-electron chi connectivity index (χ3n) is 3.99. The Kier molecular flexibility index (Phi) is 4.87. The van der Waals surface area contributed by atoms with Gasteiger partial charge in [0.2, 0.25) is 5.91 Å². The lowest BCUT2D eigenvalue weighted by Crippen LogP contribution is -2.33. The second kappa shape index (κ2) is 7.23. The number of aromatic nitrogens is 3. The number of nitrogens with zero attached hydrogens (tertiary/aromatic N) is 3. The zero-order valence-corrected chi connectivity index (χ0v) is 13.0. The summed E-state index contributed by atoms with van der Waals surface area (Å²) in [5.74, 6) is 1.49. The molecule has 7 heteroatoms. The van der Waals surface area contributed by atoms with Gasteiger partial charge in [0.15, 0.2) is 0 Å². The van der Waals surface area contributed by atoms with Crippen LogP contribution in [-0.2, 0) is 9.53 Å². The first kappa shape index (κ1) is 15.5. The molecule has 1 saturated heterocycles. The summed E-state index contributed by atoms with van der Waals surface area (Å²) in [6.07, 6.45) is 2.51. The molecule has 0 saturated carbocycles. The molecule has 0 aliphatic carbocycles. The van der Waals surface area contributed by atoms with E-state index in [-0.39, 0.29) is 18.1 Å². The first-order valence-corrected chi connectivity index (χ1v) is 7.63. The van der Waals surface area contributed by atoms with Gasteiger partial charge in [0, 0.05) is 20.1 Å². The van der Waals surface area contributed by atoms with Crippen LogP contribution < -0.4 is 4.74 Å². The summed E-state index contributed by atoms with van der Waals surface area (Å²) < 4.78 is 11.0. The van der Waals surface area contributed by atoms with Gasteiger partial charge in [-0.05, 0) is 12.1 Å². The molecular formula is C16H20N4O3. The molecule has 1 amide bonds. The number of aromatic amines is 1. The highest BCUT2D eigenvalue weighted by Gasteiger charge is 2.37. The average molecular weight is 316 g/mol. The van der Waals surface area contributed by atoms with E-state index in [0.29, 0.717) is 25.4 Å². The van der Waals surface area contributed by atoms with Crippen LogP contribution in [0.3, 0.4) is 0 Å². The van der Waals surface area contributed by atoms with Crippen LogP contribution in [0, 0.1) is 0 Å². The quantitative estimate of drug-likeness (QED) is 0.875. The minimum atomic E-state index is -0.119. The van der Waals surface area contributed by atoms with Crippen molar-refractivity contribution in [2.75, 3.05) is 20.3 Å². The standard InChI is InChI=1S/C16H20N4O3/c1-22-13-9-14(16-17-11-18-19-16)20(10-13)15(21)7-8-23-12-5-3-2-4-6-12/h2-6,11,13-14H,7-10H2,1H3,(H,17,18,19)/t13-,14+/m1/s1. The van der Waals surface area contributed by atoms with Crippen molar-refractivity contribution >= 4 is 5.91 Å². The van der Waals surface area contributed by atoms with Gasteiger partial charge >= 0.3 is 0 Å². The number of carbonyl (C=O) groups excluding carboxylic acids is 1. The molecule has 0 spiro atoms. The molecule has 1 aliphatic heterocycles. The van der Waals surface area contributed by atoms with Crippen molar-refractivity contribution in [3.8, 4) is 5.75 Å². The lowest BCUT2D eigenvalue weighted by Gasteiger charge is -2.22. The van der Waals surface area contributed by atoms with E-state index < -0.39 is 0 Å². The Morgan fingerprint density at radius 2 is 2.22 bits per heavy atom. The normalized spacial score (nSPS) is 20.7. The van der Waals surface area contributed by atoms with E-state index in [1.807, 2.05) is 30.3 Å². The maximum absolute atomic E-state index is 12.5. The zero-order chi connectivity index (χ0) is 16.1. The van der Waals surface area contributed by atoms with Crippen molar-refractivity contribution in [1.82, 2.24) is 20.1 Å². The zero-order valence-electron chi connectivity index (χ0n) is 13.0. The number of ether oxygens (including phenoxy) is 2. The van der Waals surface area contributed by atoms with Gasteiger partial charge in [-0.1, -0.05) is 18.2 Å². The number of rotatable bonds is 6. The third-order valence-corrected chi connectivity index (χ3v) is 3.99. The minimum Gasteiger partial charge on any atom is -0.493 e. The summed E-state index contributed by atoms with van der Waals surface area (Å²) in [6.45, 7) is 0.909. The number of nitrogens with one attached hydrogen (secondary N) is 1. The molecule has 1 fully saturated rings. The molecule has 23 heavy (non-hydrogen) atoms. The smallest absolute Gasteiger partial charge is 0.226 e. The van der Waals surface area contributed by atoms with E-state index >= 15 is 0 Å². The van der Waals surface area contributed by atoms with Crippen molar-refractivity contribution in [3.63, 3.8) is 0 Å². The van der Waals surface area contributed by atoms with Crippen LogP contribution in [0.2, 0.25) is 0 Å². The van der Waals surface area contributed by atoms with Gasteiger partial charge in [0.25, 0.3) is 0 Å². The Hall–Kier alpha value is -2.41. The number of methoxy groups -OCH3 is 1. The van der Waals surface area contributed by atoms with Crippen LogP contribution in [0.4, 0.5) is 0 Å². The summed E-state index contributed by atoms with van der Waals surface area (Å²) in [5, 5.41) is 6.72. The summed E-state index contributed by atoms with van der Waals surface area (Å²) in [5.41, 5.74) is 0. The first-order valence-electron chi connectivity index (χ1n) is 7.63. The fraction of sp³-hybridized carbons (Fsp3) is 0.438. The topological polar surface area (TPSA) is 80.3 Å². The minimum absolute atomic E-state index is 0.0177. The number of hydrogen-bond acceptors (Lipinski definition) is 5. The number of amides is 1. The molecule has 2 aromatic rings. The third kappa shape index (κ3) is 3.68. The van der Waals surface area contributed by atoms with Crippen LogP contribution in [0.15, 0.2) is 36.7 Å². The molecule has 2 atom stereocenters. The largest absolute Gasteiger partial charge is 0.493 e. The molecule has 0 bridgehead atoms. The van der Waals surface area contributed by atoms with Gasteiger partial charge in [-0.3, -0.25) is 9.89 Å². The number of likely N-dealkylation sites (tertiary alicyclic amines) is 1. The predicted octanol–water partition coefficient (Wildman–Crippen LogP) is 1.56. The van der Waals surface area contributed by atoms with Gasteiger partial charge in [-0.2, -0.15) is 5.10 Å². The van der Waals surface area contributed by atoms with E-state index in [1.165, 1.54) is 6.33 Å². The SMILES string of the molecule is CO[C@@H]1C[C@@H](c2ncn[nH]2)N(C(=O)CCOc2ccccc2)C1. The number of hydrogen-bond donors (Lipinski definition) is 1. The summed E-state index contributed by atoms with van der Waals surface area (Å²) in [6, 6.07) is 9.36. The van der Waals surface area contributed by atoms with Crippen molar-refractivity contribution in [2.45, 2.75) is 25.0 Å². The number of carbonyl (C=O) groups is 1. The van der Waals surface area contributed by atoms with E-state index in [4.69, 9.17) is 9.47 Å². The van der Waals surface area contributed by atoms with Crippen molar-refractivity contribution in [1.29, 1.82) is 0 Å². The maximum Gasteiger partial charge on any atom is 0.226 e. The molecule has 0 unspecified atom stereocenters. The van der Waals surface area contributed by atoms with Crippen molar-refractivity contribution in [3.05, 3.63) is 42.5 Å². The second-order valence-corrected chi connectivity index (χ2v) is 5.44. The first-order chi connectivity index (χ1) is 11.3. The van der Waals surface area contributed by atoms with E-state index in [9.17, 15) is 4.79 Å². The van der Waals surface area contributed by atoms with Crippen LogP contribution in [0.5, 0.6) is 5.75 Å². The number of H-pyrrole nitrogens is 1. The lowest BCUT2D eigenvalue weighted by atomic mass is 10.2. The molecule has 7 nitrogen and oxygen atoms in total. The summed E-state index contributed by atoms with van der Waals surface area (Å²) >= 11 is 0. The number of para-hydroxylation sites is 1. The van der Waals surface area contributed by atoms with Gasteiger partial charge in [0.05, 0.1) is 25.2 Å². The second-order valence-electron chi connectivity index (χ2n) is 5.44. The monoisotopic (exact) mass is 316 g/mol. The number of benzene rings is 1. The lowest BCUT2D eigenvalue weighted by molar-refractivity contribution is -0.133. The molecule has 0 radical (unpaired) electrons. The summed E-state index contributed by atoms with van der Waals surface area (Å²) in [7, 11) is 1.66. The van der Waals surface area contributed by atoms with Crippen LogP contribution in [0.1, 0.15) is 24.7 Å². The van der Waals surface area contributed by atoms with Gasteiger partial charge in [0.1, 0.15) is 17.9 Å². The Bertz CT molecular complexity index is 618. The van der Waals surface area contributed by atoms with Crippen molar-refractivity contribution in [2.24, 2.45) is 0 Å². The Balaban J connectivity index is 1.58. The fourth-order valence-electron chi connectivity index (χ4n) is 2.80. The highest BCUT2D eigenvalue weighted by molar-refractivity contribution is 5.77. The maximum atomic E-state index is 12.5.